The molecule has 2 aromatic heterocycles. The molecule has 0 unspecified atom stereocenters. The highest BCUT2D eigenvalue weighted by atomic mass is 19.4. The van der Waals surface area contributed by atoms with Gasteiger partial charge in [-0.15, -0.1) is 0 Å². The molecular weight excluding hydrogens is 359 g/mol. The van der Waals surface area contributed by atoms with Crippen LogP contribution in [0.4, 0.5) is 19.1 Å². The van der Waals surface area contributed by atoms with Crippen LogP contribution in [0.3, 0.4) is 0 Å². The molecule has 0 saturated carbocycles. The Morgan fingerprint density at radius 3 is 2.67 bits per heavy atom. The first-order valence-electron chi connectivity index (χ1n) is 8.26. The lowest BCUT2D eigenvalue weighted by atomic mass is 10.1. The molecule has 0 aliphatic carbocycles. The number of anilines is 1. The molecule has 1 N–H and O–H groups in total. The zero-order valence-electron chi connectivity index (χ0n) is 14.8. The normalized spacial score (nSPS) is 11.4. The molecule has 0 spiro atoms. The predicted octanol–water partition coefficient (Wildman–Crippen LogP) is 4.00. The number of nitrogens with zero attached hydrogens (tertiary/aromatic N) is 4. The van der Waals surface area contributed by atoms with Crippen molar-refractivity contribution < 1.29 is 17.9 Å². The SMILES string of the molecule is CCn1nccc1CNc1nc(-c2cccc(OC)c2)cc(C(F)(F)F)n1. The van der Waals surface area contributed by atoms with E-state index in [4.69, 9.17) is 4.74 Å². The number of nitrogens with one attached hydrogen (secondary N) is 1. The minimum absolute atomic E-state index is 0.105. The van der Waals surface area contributed by atoms with Crippen LogP contribution in [-0.4, -0.2) is 26.9 Å². The molecular formula is C18H18F3N5O. The van der Waals surface area contributed by atoms with E-state index in [0.29, 0.717) is 17.9 Å². The number of ether oxygens (including phenoxy) is 1. The lowest BCUT2D eigenvalue weighted by Gasteiger charge is -2.12. The van der Waals surface area contributed by atoms with Gasteiger partial charge in [0.2, 0.25) is 5.95 Å². The molecule has 0 bridgehead atoms. The summed E-state index contributed by atoms with van der Waals surface area (Å²) >= 11 is 0. The number of aryl methyl sites for hydroxylation is 1. The molecule has 3 rings (SSSR count). The van der Waals surface area contributed by atoms with Gasteiger partial charge in [-0.3, -0.25) is 4.68 Å². The van der Waals surface area contributed by atoms with Gasteiger partial charge in [-0.05, 0) is 31.2 Å². The van der Waals surface area contributed by atoms with Crippen LogP contribution in [-0.2, 0) is 19.3 Å². The van der Waals surface area contributed by atoms with Gasteiger partial charge in [0.15, 0.2) is 5.69 Å². The molecule has 1 aromatic carbocycles. The fraction of sp³-hybridized carbons (Fsp3) is 0.278. The van der Waals surface area contributed by atoms with Gasteiger partial charge in [0.1, 0.15) is 5.75 Å². The van der Waals surface area contributed by atoms with E-state index in [2.05, 4.69) is 20.4 Å². The van der Waals surface area contributed by atoms with Crippen molar-refractivity contribution in [3.05, 3.63) is 54.0 Å². The van der Waals surface area contributed by atoms with Crippen molar-refractivity contribution in [1.29, 1.82) is 0 Å². The zero-order chi connectivity index (χ0) is 19.4. The monoisotopic (exact) mass is 377 g/mol. The number of hydrogen-bond acceptors (Lipinski definition) is 5. The molecule has 0 aliphatic rings. The van der Waals surface area contributed by atoms with Crippen LogP contribution >= 0.6 is 0 Å². The third-order valence-electron chi connectivity index (χ3n) is 3.91. The Morgan fingerprint density at radius 1 is 1.15 bits per heavy atom. The second-order valence-electron chi connectivity index (χ2n) is 5.68. The summed E-state index contributed by atoms with van der Waals surface area (Å²) in [5.74, 6) is 0.424. The van der Waals surface area contributed by atoms with Gasteiger partial charge < -0.3 is 10.1 Å². The largest absolute Gasteiger partial charge is 0.497 e. The van der Waals surface area contributed by atoms with E-state index in [1.165, 1.54) is 7.11 Å². The van der Waals surface area contributed by atoms with Crippen LogP contribution in [0.25, 0.3) is 11.3 Å². The first-order chi connectivity index (χ1) is 12.9. The summed E-state index contributed by atoms with van der Waals surface area (Å²) in [6.45, 7) is 2.84. The summed E-state index contributed by atoms with van der Waals surface area (Å²) in [5, 5.41) is 6.99. The van der Waals surface area contributed by atoms with E-state index < -0.39 is 11.9 Å². The lowest BCUT2D eigenvalue weighted by Crippen LogP contribution is -2.14. The molecule has 0 aliphatic heterocycles. The number of methoxy groups -OCH3 is 1. The zero-order valence-corrected chi connectivity index (χ0v) is 14.8. The average Bonchev–Trinajstić information content (AvgIpc) is 3.13. The van der Waals surface area contributed by atoms with Crippen molar-refractivity contribution in [1.82, 2.24) is 19.7 Å². The van der Waals surface area contributed by atoms with Crippen LogP contribution in [0.5, 0.6) is 5.75 Å². The van der Waals surface area contributed by atoms with Crippen molar-refractivity contribution in [2.24, 2.45) is 0 Å². The van der Waals surface area contributed by atoms with Gasteiger partial charge >= 0.3 is 6.18 Å². The highest BCUT2D eigenvalue weighted by Crippen LogP contribution is 2.32. The highest BCUT2D eigenvalue weighted by Gasteiger charge is 2.33. The summed E-state index contributed by atoms with van der Waals surface area (Å²) < 4.78 is 46.7. The smallest absolute Gasteiger partial charge is 0.433 e. The third-order valence-corrected chi connectivity index (χ3v) is 3.91. The number of rotatable bonds is 6. The van der Waals surface area contributed by atoms with Crippen molar-refractivity contribution in [3.63, 3.8) is 0 Å². The number of hydrogen-bond donors (Lipinski definition) is 1. The first-order valence-corrected chi connectivity index (χ1v) is 8.26. The topological polar surface area (TPSA) is 64.9 Å². The Labute approximate surface area is 154 Å². The predicted molar refractivity (Wildman–Crippen MR) is 94.2 cm³/mol. The van der Waals surface area contributed by atoms with E-state index in [9.17, 15) is 13.2 Å². The fourth-order valence-corrected chi connectivity index (χ4v) is 2.57. The van der Waals surface area contributed by atoms with Crippen LogP contribution in [0.15, 0.2) is 42.6 Å². The standard InChI is InChI=1S/C18H18F3N5O/c1-3-26-13(7-8-23-26)11-22-17-24-15(10-16(25-17)18(19,20)21)12-5-4-6-14(9-12)27-2/h4-10H,3,11H2,1-2H3,(H,22,24,25). The van der Waals surface area contributed by atoms with Crippen molar-refractivity contribution >= 4 is 5.95 Å². The van der Waals surface area contributed by atoms with Crippen molar-refractivity contribution in [2.75, 3.05) is 12.4 Å². The Bertz CT molecular complexity index is 923. The summed E-state index contributed by atoms with van der Waals surface area (Å²) in [6.07, 6.45) is -2.95. The summed E-state index contributed by atoms with van der Waals surface area (Å²) in [7, 11) is 1.49. The summed E-state index contributed by atoms with van der Waals surface area (Å²) in [6, 6.07) is 9.40. The Kier molecular flexibility index (Phi) is 5.29. The summed E-state index contributed by atoms with van der Waals surface area (Å²) in [4.78, 5) is 7.86. The van der Waals surface area contributed by atoms with Gasteiger partial charge in [0.05, 0.1) is 25.0 Å². The molecule has 27 heavy (non-hydrogen) atoms. The quantitative estimate of drug-likeness (QED) is 0.703. The molecule has 0 saturated heterocycles. The van der Waals surface area contributed by atoms with Gasteiger partial charge in [-0.2, -0.15) is 18.3 Å². The molecule has 9 heteroatoms. The second-order valence-corrected chi connectivity index (χ2v) is 5.68. The van der Waals surface area contributed by atoms with E-state index in [1.807, 2.05) is 6.92 Å². The number of aromatic nitrogens is 4. The highest BCUT2D eigenvalue weighted by molar-refractivity contribution is 5.63. The molecule has 0 fully saturated rings. The van der Waals surface area contributed by atoms with Crippen LogP contribution in [0.1, 0.15) is 18.3 Å². The first kappa shape index (κ1) is 18.7. The van der Waals surface area contributed by atoms with Crippen molar-refractivity contribution in [3.8, 4) is 17.0 Å². The van der Waals surface area contributed by atoms with Gasteiger partial charge in [-0.25, -0.2) is 9.97 Å². The number of benzene rings is 1. The van der Waals surface area contributed by atoms with Gasteiger partial charge in [0, 0.05) is 18.3 Å². The van der Waals surface area contributed by atoms with E-state index in [-0.39, 0.29) is 18.2 Å². The Hall–Kier alpha value is -3.10. The molecule has 6 nitrogen and oxygen atoms in total. The average molecular weight is 377 g/mol. The minimum atomic E-state index is -4.59. The molecule has 2 heterocycles. The van der Waals surface area contributed by atoms with E-state index in [1.54, 1.807) is 41.2 Å². The van der Waals surface area contributed by atoms with Gasteiger partial charge in [0.25, 0.3) is 0 Å². The third kappa shape index (κ3) is 4.36. The maximum atomic E-state index is 13.3. The molecule has 0 atom stereocenters. The number of alkyl halides is 3. The molecule has 3 aromatic rings. The molecule has 142 valence electrons. The molecule has 0 radical (unpaired) electrons. The summed E-state index contributed by atoms with van der Waals surface area (Å²) in [5.41, 5.74) is 0.467. The lowest BCUT2D eigenvalue weighted by molar-refractivity contribution is -0.141. The fourth-order valence-electron chi connectivity index (χ4n) is 2.57. The Balaban J connectivity index is 1.95. The van der Waals surface area contributed by atoms with Crippen molar-refractivity contribution in [2.45, 2.75) is 26.2 Å². The number of halogens is 3. The van der Waals surface area contributed by atoms with Crippen LogP contribution in [0.2, 0.25) is 0 Å². The van der Waals surface area contributed by atoms with Crippen LogP contribution in [0, 0.1) is 0 Å². The minimum Gasteiger partial charge on any atom is -0.497 e. The molecule has 0 amide bonds. The Morgan fingerprint density at radius 2 is 1.96 bits per heavy atom. The second kappa shape index (κ2) is 7.65. The van der Waals surface area contributed by atoms with E-state index >= 15 is 0 Å². The maximum absolute atomic E-state index is 13.3. The van der Waals surface area contributed by atoms with E-state index in [0.717, 1.165) is 11.8 Å². The van der Waals surface area contributed by atoms with Gasteiger partial charge in [-0.1, -0.05) is 12.1 Å². The maximum Gasteiger partial charge on any atom is 0.433 e. The van der Waals surface area contributed by atoms with Crippen LogP contribution < -0.4 is 10.1 Å².